The summed E-state index contributed by atoms with van der Waals surface area (Å²) in [7, 11) is 0. The molecule has 0 unspecified atom stereocenters. The Hall–Kier alpha value is -2.17. The fourth-order valence-corrected chi connectivity index (χ4v) is 4.80. The monoisotopic (exact) mass is 422 g/mol. The highest BCUT2D eigenvalue weighted by Crippen LogP contribution is 2.37. The number of ether oxygens (including phenoxy) is 1. The van der Waals surface area contributed by atoms with Crippen molar-refractivity contribution in [2.24, 2.45) is 5.41 Å². The fraction of sp³-hybridized carbons (Fsp3) is 0.519. The van der Waals surface area contributed by atoms with Crippen LogP contribution in [0.2, 0.25) is 0 Å². The van der Waals surface area contributed by atoms with Crippen LogP contribution in [0.4, 0.5) is 5.69 Å². The van der Waals surface area contributed by atoms with Crippen LogP contribution in [-0.4, -0.2) is 37.1 Å². The van der Waals surface area contributed by atoms with Crippen LogP contribution >= 0.6 is 0 Å². The lowest BCUT2D eigenvalue weighted by Gasteiger charge is -2.42. The van der Waals surface area contributed by atoms with Gasteiger partial charge >= 0.3 is 0 Å². The van der Waals surface area contributed by atoms with Crippen molar-refractivity contribution in [2.45, 2.75) is 59.9 Å². The van der Waals surface area contributed by atoms with Crippen LogP contribution in [0.5, 0.6) is 0 Å². The first-order valence-corrected chi connectivity index (χ1v) is 11.6. The molecule has 0 spiro atoms. The van der Waals surface area contributed by atoms with Crippen molar-refractivity contribution >= 4 is 11.6 Å². The first-order valence-electron chi connectivity index (χ1n) is 11.6. The molecule has 0 aliphatic carbocycles. The van der Waals surface area contributed by atoms with E-state index < -0.39 is 0 Å². The van der Waals surface area contributed by atoms with Crippen LogP contribution in [-0.2, 0) is 22.5 Å². The highest BCUT2D eigenvalue weighted by Gasteiger charge is 2.34. The summed E-state index contributed by atoms with van der Waals surface area (Å²) in [4.78, 5) is 14.0. The molecule has 4 heteroatoms. The quantitative estimate of drug-likeness (QED) is 0.579. The molecular formula is C27H38N2O2. The maximum Gasteiger partial charge on any atom is 0.221 e. The van der Waals surface area contributed by atoms with Crippen molar-refractivity contribution in [3.05, 3.63) is 64.7 Å². The minimum Gasteiger partial charge on any atom is -0.381 e. The van der Waals surface area contributed by atoms with Crippen LogP contribution in [0.25, 0.3) is 0 Å². The van der Waals surface area contributed by atoms with E-state index in [1.807, 2.05) is 0 Å². The Morgan fingerprint density at radius 3 is 2.29 bits per heavy atom. The zero-order chi connectivity index (χ0) is 22.3. The molecule has 0 aromatic heterocycles. The minimum atomic E-state index is -0.0175. The van der Waals surface area contributed by atoms with Gasteiger partial charge < -0.3 is 10.1 Å². The van der Waals surface area contributed by atoms with Gasteiger partial charge in [0.15, 0.2) is 0 Å². The number of hydrogen-bond acceptors (Lipinski definition) is 3. The van der Waals surface area contributed by atoms with E-state index in [2.05, 4.69) is 73.5 Å². The average Bonchev–Trinajstić information content (AvgIpc) is 2.76. The van der Waals surface area contributed by atoms with E-state index in [0.717, 1.165) is 56.1 Å². The normalized spacial score (nSPS) is 16.3. The SMILES string of the molecule is CCOCC1(CCc2ccccc2)CCN(Cc2cc(C)c(NC(C)=O)c(C)c2)CC1. The zero-order valence-corrected chi connectivity index (χ0v) is 19.7. The smallest absolute Gasteiger partial charge is 0.221 e. The van der Waals surface area contributed by atoms with Gasteiger partial charge in [-0.15, -0.1) is 0 Å². The van der Waals surface area contributed by atoms with E-state index in [1.165, 1.54) is 30.4 Å². The zero-order valence-electron chi connectivity index (χ0n) is 19.7. The molecule has 1 heterocycles. The lowest BCUT2D eigenvalue weighted by atomic mass is 9.74. The molecule has 1 amide bonds. The number of benzene rings is 2. The third-order valence-electron chi connectivity index (χ3n) is 6.62. The number of carbonyl (C=O) groups excluding carboxylic acids is 1. The van der Waals surface area contributed by atoms with Gasteiger partial charge in [-0.25, -0.2) is 0 Å². The predicted molar refractivity (Wildman–Crippen MR) is 128 cm³/mol. The number of nitrogens with zero attached hydrogens (tertiary/aromatic N) is 1. The molecule has 2 aromatic rings. The maximum atomic E-state index is 11.5. The summed E-state index contributed by atoms with van der Waals surface area (Å²) in [5.41, 5.74) is 6.25. The molecular weight excluding hydrogens is 384 g/mol. The molecule has 1 fully saturated rings. The molecule has 2 aromatic carbocycles. The molecule has 168 valence electrons. The van der Waals surface area contributed by atoms with Gasteiger partial charge in [0.05, 0.1) is 6.61 Å². The largest absolute Gasteiger partial charge is 0.381 e. The van der Waals surface area contributed by atoms with E-state index in [9.17, 15) is 4.79 Å². The lowest BCUT2D eigenvalue weighted by molar-refractivity contribution is -0.114. The van der Waals surface area contributed by atoms with Gasteiger partial charge in [-0.2, -0.15) is 0 Å². The molecule has 0 saturated carbocycles. The second-order valence-electron chi connectivity index (χ2n) is 9.18. The predicted octanol–water partition coefficient (Wildman–Crippen LogP) is 5.51. The molecule has 1 saturated heterocycles. The standard InChI is InChI=1S/C27H38N2O2/c1-5-31-20-27(12-11-24-9-7-6-8-10-24)13-15-29(16-14-27)19-25-17-21(2)26(22(3)18-25)28-23(4)30/h6-10,17-18H,5,11-16,19-20H2,1-4H3,(H,28,30). The van der Waals surface area contributed by atoms with Crippen LogP contribution < -0.4 is 5.32 Å². The number of anilines is 1. The molecule has 3 rings (SSSR count). The summed E-state index contributed by atoms with van der Waals surface area (Å²) >= 11 is 0. The van der Waals surface area contributed by atoms with E-state index in [0.29, 0.717) is 0 Å². The lowest BCUT2D eigenvalue weighted by Crippen LogP contribution is -2.42. The van der Waals surface area contributed by atoms with Gasteiger partial charge in [0.25, 0.3) is 0 Å². The summed E-state index contributed by atoms with van der Waals surface area (Å²) in [6.45, 7) is 12.6. The Morgan fingerprint density at radius 2 is 1.71 bits per heavy atom. The molecule has 1 aliphatic rings. The third-order valence-corrected chi connectivity index (χ3v) is 6.62. The number of nitrogens with one attached hydrogen (secondary N) is 1. The Kier molecular flexibility index (Phi) is 8.28. The molecule has 0 bridgehead atoms. The second kappa shape index (κ2) is 10.9. The number of piperidine rings is 1. The van der Waals surface area contributed by atoms with Gasteiger partial charge in [-0.3, -0.25) is 9.69 Å². The molecule has 0 atom stereocenters. The Morgan fingerprint density at radius 1 is 1.06 bits per heavy atom. The summed E-state index contributed by atoms with van der Waals surface area (Å²) in [5.74, 6) is -0.0175. The van der Waals surface area contributed by atoms with Crippen LogP contribution in [0.3, 0.4) is 0 Å². The van der Waals surface area contributed by atoms with E-state index in [-0.39, 0.29) is 11.3 Å². The molecule has 31 heavy (non-hydrogen) atoms. The van der Waals surface area contributed by atoms with Gasteiger partial charge in [-0.05, 0) is 87.2 Å². The van der Waals surface area contributed by atoms with Crippen molar-refractivity contribution in [1.29, 1.82) is 0 Å². The van der Waals surface area contributed by atoms with Crippen molar-refractivity contribution in [3.63, 3.8) is 0 Å². The number of hydrogen-bond donors (Lipinski definition) is 1. The Labute approximate surface area is 188 Å². The van der Waals surface area contributed by atoms with Crippen LogP contribution in [0.15, 0.2) is 42.5 Å². The summed E-state index contributed by atoms with van der Waals surface area (Å²) in [6, 6.07) is 15.3. The first-order chi connectivity index (χ1) is 14.9. The van der Waals surface area contributed by atoms with Gasteiger partial charge in [-0.1, -0.05) is 42.5 Å². The van der Waals surface area contributed by atoms with Gasteiger partial charge in [0.1, 0.15) is 0 Å². The fourth-order valence-electron chi connectivity index (χ4n) is 4.80. The topological polar surface area (TPSA) is 41.6 Å². The van der Waals surface area contributed by atoms with E-state index >= 15 is 0 Å². The van der Waals surface area contributed by atoms with Crippen molar-refractivity contribution in [1.82, 2.24) is 4.90 Å². The average molecular weight is 423 g/mol. The Bertz CT molecular complexity index is 832. The first kappa shape index (κ1) is 23.5. The summed E-state index contributed by atoms with van der Waals surface area (Å²) in [5, 5.41) is 2.96. The van der Waals surface area contributed by atoms with Crippen LogP contribution in [0, 0.1) is 19.3 Å². The number of carbonyl (C=O) groups is 1. The highest BCUT2D eigenvalue weighted by atomic mass is 16.5. The summed E-state index contributed by atoms with van der Waals surface area (Å²) in [6.07, 6.45) is 4.68. The Balaban J connectivity index is 1.61. The van der Waals surface area contributed by atoms with Gasteiger partial charge in [0.2, 0.25) is 5.91 Å². The molecule has 4 nitrogen and oxygen atoms in total. The molecule has 0 radical (unpaired) electrons. The van der Waals surface area contributed by atoms with Crippen molar-refractivity contribution in [2.75, 3.05) is 31.6 Å². The summed E-state index contributed by atoms with van der Waals surface area (Å²) < 4.78 is 5.94. The molecule has 1 aliphatic heterocycles. The number of likely N-dealkylation sites (tertiary alicyclic amines) is 1. The minimum absolute atomic E-state index is 0.0175. The maximum absolute atomic E-state index is 11.5. The number of aryl methyl sites for hydroxylation is 3. The van der Waals surface area contributed by atoms with Crippen LogP contribution in [0.1, 0.15) is 55.4 Å². The molecule has 1 N–H and O–H groups in total. The van der Waals surface area contributed by atoms with Crippen molar-refractivity contribution in [3.8, 4) is 0 Å². The van der Waals surface area contributed by atoms with E-state index in [4.69, 9.17) is 4.74 Å². The van der Waals surface area contributed by atoms with Gasteiger partial charge in [0, 0.05) is 25.8 Å². The van der Waals surface area contributed by atoms with Crippen molar-refractivity contribution < 1.29 is 9.53 Å². The highest BCUT2D eigenvalue weighted by molar-refractivity contribution is 5.90. The third kappa shape index (κ3) is 6.65. The number of amides is 1. The van der Waals surface area contributed by atoms with E-state index in [1.54, 1.807) is 6.92 Å². The second-order valence-corrected chi connectivity index (χ2v) is 9.18. The number of rotatable bonds is 9.